The van der Waals surface area contributed by atoms with Crippen LogP contribution in [0.15, 0.2) is 4.99 Å². The molecule has 0 heterocycles. The highest BCUT2D eigenvalue weighted by Gasteiger charge is 2.11. The molecule has 1 saturated carbocycles. The second-order valence-electron chi connectivity index (χ2n) is 2.43. The molecule has 1 fully saturated rings. The van der Waals surface area contributed by atoms with E-state index in [9.17, 15) is 0 Å². The number of methoxy groups -OCH3 is 1. The Hall–Kier alpha value is -0.530. The van der Waals surface area contributed by atoms with E-state index in [0.29, 0.717) is 6.04 Å². The van der Waals surface area contributed by atoms with Gasteiger partial charge in [0.05, 0.1) is 13.2 Å². The maximum absolute atomic E-state index is 4.71. The van der Waals surface area contributed by atoms with Crippen LogP contribution in [-0.4, -0.2) is 19.6 Å². The zero-order valence-corrected chi connectivity index (χ0v) is 5.84. The lowest BCUT2D eigenvalue weighted by molar-refractivity contribution is 0.417. The Bertz CT molecular complexity index is 95.1. The van der Waals surface area contributed by atoms with Crippen LogP contribution in [0.4, 0.5) is 0 Å². The van der Waals surface area contributed by atoms with Crippen molar-refractivity contribution < 1.29 is 4.74 Å². The van der Waals surface area contributed by atoms with Crippen LogP contribution in [0.2, 0.25) is 0 Å². The molecule has 2 heteroatoms. The predicted octanol–water partition coefficient (Wildman–Crippen LogP) is 1.60. The van der Waals surface area contributed by atoms with Gasteiger partial charge in [0.25, 0.3) is 0 Å². The molecule has 2 nitrogen and oxygen atoms in total. The SMILES string of the molecule is COC=NC1CCCC1. The van der Waals surface area contributed by atoms with E-state index in [1.54, 1.807) is 13.5 Å². The number of hydrogen-bond donors (Lipinski definition) is 0. The van der Waals surface area contributed by atoms with Crippen molar-refractivity contribution in [3.63, 3.8) is 0 Å². The summed E-state index contributed by atoms with van der Waals surface area (Å²) in [6, 6.07) is 0.560. The highest BCUT2D eigenvalue weighted by Crippen LogP contribution is 2.20. The standard InChI is InChI=1S/C7H13NO/c1-9-6-8-7-4-2-3-5-7/h6-7H,2-5H2,1H3. The molecule has 1 aliphatic carbocycles. The molecule has 0 aliphatic heterocycles. The monoisotopic (exact) mass is 127 g/mol. The van der Waals surface area contributed by atoms with Crippen LogP contribution in [0.25, 0.3) is 0 Å². The molecule has 52 valence electrons. The number of ether oxygens (including phenoxy) is 1. The summed E-state index contributed by atoms with van der Waals surface area (Å²) in [5.41, 5.74) is 0. The molecule has 0 unspecified atom stereocenters. The first-order chi connectivity index (χ1) is 4.43. The van der Waals surface area contributed by atoms with E-state index >= 15 is 0 Å². The summed E-state index contributed by atoms with van der Waals surface area (Å²) in [5.74, 6) is 0. The number of hydrogen-bond acceptors (Lipinski definition) is 2. The average Bonchev–Trinajstić information content (AvgIpc) is 2.34. The van der Waals surface area contributed by atoms with Gasteiger partial charge in [-0.15, -0.1) is 0 Å². The Kier molecular flexibility index (Phi) is 2.55. The van der Waals surface area contributed by atoms with Gasteiger partial charge in [0, 0.05) is 0 Å². The second-order valence-corrected chi connectivity index (χ2v) is 2.43. The van der Waals surface area contributed by atoms with E-state index in [2.05, 4.69) is 4.99 Å². The molecule has 0 aromatic carbocycles. The fraction of sp³-hybridized carbons (Fsp3) is 0.857. The normalized spacial score (nSPS) is 21.4. The van der Waals surface area contributed by atoms with Crippen molar-refractivity contribution in [1.82, 2.24) is 0 Å². The van der Waals surface area contributed by atoms with Crippen molar-refractivity contribution in [2.45, 2.75) is 31.7 Å². The van der Waals surface area contributed by atoms with Gasteiger partial charge in [0.1, 0.15) is 0 Å². The van der Waals surface area contributed by atoms with Crippen molar-refractivity contribution in [3.05, 3.63) is 0 Å². The van der Waals surface area contributed by atoms with Gasteiger partial charge < -0.3 is 4.74 Å². The fourth-order valence-corrected chi connectivity index (χ4v) is 1.20. The van der Waals surface area contributed by atoms with E-state index in [4.69, 9.17) is 4.74 Å². The summed E-state index contributed by atoms with van der Waals surface area (Å²) >= 11 is 0. The minimum atomic E-state index is 0.560. The van der Waals surface area contributed by atoms with Crippen molar-refractivity contribution in [3.8, 4) is 0 Å². The van der Waals surface area contributed by atoms with Gasteiger partial charge in [-0.25, -0.2) is 0 Å². The minimum Gasteiger partial charge on any atom is -0.487 e. The lowest BCUT2D eigenvalue weighted by Crippen LogP contribution is -1.96. The highest BCUT2D eigenvalue weighted by atomic mass is 16.5. The van der Waals surface area contributed by atoms with Gasteiger partial charge in [0.15, 0.2) is 6.40 Å². The molecule has 0 radical (unpaired) electrons. The molecule has 0 atom stereocenters. The Balaban J connectivity index is 2.18. The third-order valence-electron chi connectivity index (χ3n) is 1.70. The van der Waals surface area contributed by atoms with Gasteiger partial charge in [-0.3, -0.25) is 4.99 Å². The summed E-state index contributed by atoms with van der Waals surface area (Å²) in [5, 5.41) is 0. The molecule has 1 aliphatic rings. The third-order valence-corrected chi connectivity index (χ3v) is 1.70. The Morgan fingerprint density at radius 3 is 2.67 bits per heavy atom. The number of aliphatic imine (C=N–C) groups is 1. The zero-order chi connectivity index (χ0) is 6.53. The second kappa shape index (κ2) is 3.49. The predicted molar refractivity (Wildman–Crippen MR) is 37.8 cm³/mol. The van der Waals surface area contributed by atoms with Crippen LogP contribution < -0.4 is 0 Å². The summed E-state index contributed by atoms with van der Waals surface area (Å²) < 4.78 is 4.71. The van der Waals surface area contributed by atoms with Gasteiger partial charge >= 0.3 is 0 Å². The van der Waals surface area contributed by atoms with E-state index in [-0.39, 0.29) is 0 Å². The van der Waals surface area contributed by atoms with Gasteiger partial charge in [-0.1, -0.05) is 12.8 Å². The summed E-state index contributed by atoms with van der Waals surface area (Å²) in [7, 11) is 1.64. The summed E-state index contributed by atoms with van der Waals surface area (Å²) in [4.78, 5) is 4.19. The smallest absolute Gasteiger partial charge is 0.169 e. The largest absolute Gasteiger partial charge is 0.487 e. The van der Waals surface area contributed by atoms with Crippen LogP contribution in [0.3, 0.4) is 0 Å². The molecule has 0 N–H and O–H groups in total. The molecule has 9 heavy (non-hydrogen) atoms. The average molecular weight is 127 g/mol. The van der Waals surface area contributed by atoms with E-state index in [1.165, 1.54) is 25.7 Å². The Morgan fingerprint density at radius 1 is 1.44 bits per heavy atom. The van der Waals surface area contributed by atoms with Crippen LogP contribution in [0.5, 0.6) is 0 Å². The molecule has 0 saturated heterocycles. The highest BCUT2D eigenvalue weighted by molar-refractivity contribution is 5.46. The number of rotatable bonds is 2. The Morgan fingerprint density at radius 2 is 2.11 bits per heavy atom. The van der Waals surface area contributed by atoms with Crippen LogP contribution in [0.1, 0.15) is 25.7 Å². The maximum atomic E-state index is 4.71. The Labute approximate surface area is 55.9 Å². The first-order valence-corrected chi connectivity index (χ1v) is 3.48. The fourth-order valence-electron chi connectivity index (χ4n) is 1.20. The zero-order valence-electron chi connectivity index (χ0n) is 5.84. The van der Waals surface area contributed by atoms with Crippen molar-refractivity contribution >= 4 is 6.40 Å². The van der Waals surface area contributed by atoms with Crippen LogP contribution in [0, 0.1) is 0 Å². The molecule has 0 amide bonds. The molecule has 0 aromatic heterocycles. The third kappa shape index (κ3) is 2.04. The molecular weight excluding hydrogens is 114 g/mol. The van der Waals surface area contributed by atoms with Gasteiger partial charge in [0.2, 0.25) is 0 Å². The maximum Gasteiger partial charge on any atom is 0.169 e. The van der Waals surface area contributed by atoms with Crippen LogP contribution in [-0.2, 0) is 4.74 Å². The number of nitrogens with zero attached hydrogens (tertiary/aromatic N) is 1. The molecule has 0 aromatic rings. The summed E-state index contributed by atoms with van der Waals surface area (Å²) in [6.45, 7) is 0. The lowest BCUT2D eigenvalue weighted by Gasteiger charge is -1.97. The molecule has 0 spiro atoms. The van der Waals surface area contributed by atoms with Crippen molar-refractivity contribution in [2.75, 3.05) is 7.11 Å². The topological polar surface area (TPSA) is 21.6 Å². The quantitative estimate of drug-likeness (QED) is 0.408. The van der Waals surface area contributed by atoms with E-state index in [1.807, 2.05) is 0 Å². The van der Waals surface area contributed by atoms with Crippen molar-refractivity contribution in [2.24, 2.45) is 4.99 Å². The van der Waals surface area contributed by atoms with E-state index in [0.717, 1.165) is 0 Å². The van der Waals surface area contributed by atoms with Crippen molar-refractivity contribution in [1.29, 1.82) is 0 Å². The first-order valence-electron chi connectivity index (χ1n) is 3.48. The first kappa shape index (κ1) is 6.59. The molecule has 0 bridgehead atoms. The van der Waals surface area contributed by atoms with Gasteiger partial charge in [-0.2, -0.15) is 0 Å². The molecular formula is C7H13NO. The van der Waals surface area contributed by atoms with E-state index < -0.39 is 0 Å². The molecule has 1 rings (SSSR count). The summed E-state index contributed by atoms with van der Waals surface area (Å²) in [6.07, 6.45) is 6.73. The minimum absolute atomic E-state index is 0.560. The van der Waals surface area contributed by atoms with Crippen LogP contribution >= 0.6 is 0 Å². The lowest BCUT2D eigenvalue weighted by atomic mass is 10.3. The van der Waals surface area contributed by atoms with Gasteiger partial charge in [-0.05, 0) is 12.8 Å².